The minimum atomic E-state index is -0.648. The van der Waals surface area contributed by atoms with Gasteiger partial charge in [-0.3, -0.25) is 9.59 Å². The second-order valence-electron chi connectivity index (χ2n) is 7.24. The van der Waals surface area contributed by atoms with Crippen molar-refractivity contribution in [3.63, 3.8) is 0 Å². The normalized spacial score (nSPS) is 10.4. The van der Waals surface area contributed by atoms with E-state index in [2.05, 4.69) is 10.6 Å². The summed E-state index contributed by atoms with van der Waals surface area (Å²) >= 11 is 0.956. The van der Waals surface area contributed by atoms with Crippen LogP contribution in [-0.2, 0) is 9.47 Å². The molecule has 0 fully saturated rings. The van der Waals surface area contributed by atoms with Gasteiger partial charge in [-0.2, -0.15) is 0 Å². The number of amides is 2. The van der Waals surface area contributed by atoms with Crippen LogP contribution in [0.3, 0.4) is 0 Å². The molecule has 2 N–H and O–H groups in total. The van der Waals surface area contributed by atoms with Gasteiger partial charge in [0.15, 0.2) is 0 Å². The number of hydrogen-bond donors (Lipinski definition) is 2. The van der Waals surface area contributed by atoms with Crippen molar-refractivity contribution in [2.24, 2.45) is 0 Å². The molecule has 0 unspecified atom stereocenters. The van der Waals surface area contributed by atoms with Crippen LogP contribution in [0.2, 0.25) is 0 Å². The van der Waals surface area contributed by atoms with Crippen LogP contribution >= 0.6 is 11.3 Å². The van der Waals surface area contributed by atoms with Gasteiger partial charge < -0.3 is 20.1 Å². The minimum absolute atomic E-state index is 0.111. The standard InChI is InChI=1S/C25H24N2O6S/c1-5-33-25(31)19-15(3)20(22(29)26-18-13-9-8-12-17(18)24(30)32-4)34-23(19)27-21(28)16-11-7-6-10-14(16)2/h6-13H,5H2,1-4H3,(H,26,29)(H,27,28). The zero-order chi connectivity index (χ0) is 24.8. The molecule has 0 aliphatic rings. The van der Waals surface area contributed by atoms with E-state index in [1.807, 2.05) is 6.07 Å². The van der Waals surface area contributed by atoms with E-state index < -0.39 is 23.8 Å². The molecule has 9 heteroatoms. The summed E-state index contributed by atoms with van der Waals surface area (Å²) in [4.78, 5) is 51.0. The highest BCUT2D eigenvalue weighted by molar-refractivity contribution is 7.19. The van der Waals surface area contributed by atoms with Crippen molar-refractivity contribution < 1.29 is 28.7 Å². The maximum absolute atomic E-state index is 13.1. The number of carbonyl (C=O) groups is 4. The third-order valence-corrected chi connectivity index (χ3v) is 6.24. The lowest BCUT2D eigenvalue weighted by Gasteiger charge is -2.09. The average molecular weight is 481 g/mol. The van der Waals surface area contributed by atoms with Crippen LogP contribution in [0.1, 0.15) is 58.8 Å². The Morgan fingerprint density at radius 3 is 2.15 bits per heavy atom. The van der Waals surface area contributed by atoms with Crippen LogP contribution in [0.5, 0.6) is 0 Å². The van der Waals surface area contributed by atoms with Gasteiger partial charge in [0.05, 0.1) is 35.4 Å². The molecule has 1 aromatic heterocycles. The van der Waals surface area contributed by atoms with Crippen LogP contribution in [0.4, 0.5) is 10.7 Å². The summed E-state index contributed by atoms with van der Waals surface area (Å²) < 4.78 is 9.93. The molecule has 176 valence electrons. The number of rotatable bonds is 7. The number of ether oxygens (including phenoxy) is 2. The summed E-state index contributed by atoms with van der Waals surface area (Å²) in [6.45, 7) is 5.21. The fraction of sp³-hybridized carbons (Fsp3) is 0.200. The molecule has 0 radical (unpaired) electrons. The van der Waals surface area contributed by atoms with Crippen molar-refractivity contribution in [2.75, 3.05) is 24.4 Å². The molecule has 34 heavy (non-hydrogen) atoms. The van der Waals surface area contributed by atoms with Crippen LogP contribution < -0.4 is 10.6 Å². The van der Waals surface area contributed by atoms with Crippen LogP contribution in [0.15, 0.2) is 48.5 Å². The first-order chi connectivity index (χ1) is 16.3. The SMILES string of the molecule is CCOC(=O)c1c(NC(=O)c2ccccc2C)sc(C(=O)Nc2ccccc2C(=O)OC)c1C. The van der Waals surface area contributed by atoms with Gasteiger partial charge in [-0.25, -0.2) is 9.59 Å². The average Bonchev–Trinajstić information content (AvgIpc) is 3.15. The minimum Gasteiger partial charge on any atom is -0.465 e. The molecule has 0 atom stereocenters. The summed E-state index contributed by atoms with van der Waals surface area (Å²) in [6.07, 6.45) is 0. The Hall–Kier alpha value is -3.98. The molecule has 3 aromatic rings. The van der Waals surface area contributed by atoms with Gasteiger partial charge in [-0.05, 0) is 50.1 Å². The molecule has 0 aliphatic carbocycles. The highest BCUT2D eigenvalue weighted by atomic mass is 32.1. The van der Waals surface area contributed by atoms with Crippen molar-refractivity contribution >= 4 is 45.8 Å². The Bertz CT molecular complexity index is 1260. The Labute approximate surface area is 200 Å². The maximum Gasteiger partial charge on any atom is 0.341 e. The molecule has 2 aromatic carbocycles. The number of thiophene rings is 1. The van der Waals surface area contributed by atoms with Gasteiger partial charge in [0, 0.05) is 5.56 Å². The maximum atomic E-state index is 13.1. The number of esters is 2. The van der Waals surface area contributed by atoms with Crippen molar-refractivity contribution in [3.8, 4) is 0 Å². The van der Waals surface area contributed by atoms with E-state index in [1.165, 1.54) is 13.2 Å². The molecule has 0 saturated heterocycles. The largest absolute Gasteiger partial charge is 0.465 e. The molecular weight excluding hydrogens is 456 g/mol. The third-order valence-electron chi connectivity index (χ3n) is 5.03. The molecule has 0 bridgehead atoms. The topological polar surface area (TPSA) is 111 Å². The summed E-state index contributed by atoms with van der Waals surface area (Å²) in [5.74, 6) is -2.20. The summed E-state index contributed by atoms with van der Waals surface area (Å²) in [6, 6.07) is 13.5. The van der Waals surface area contributed by atoms with E-state index in [1.54, 1.807) is 57.2 Å². The van der Waals surface area contributed by atoms with Crippen molar-refractivity contribution in [1.82, 2.24) is 0 Å². The van der Waals surface area contributed by atoms with E-state index in [0.717, 1.165) is 16.9 Å². The predicted octanol–water partition coefficient (Wildman–Crippen LogP) is 4.83. The molecule has 0 spiro atoms. The number of nitrogens with one attached hydrogen (secondary N) is 2. The second-order valence-corrected chi connectivity index (χ2v) is 8.26. The zero-order valence-electron chi connectivity index (χ0n) is 19.2. The summed E-state index contributed by atoms with van der Waals surface area (Å²) in [5, 5.41) is 5.65. The highest BCUT2D eigenvalue weighted by Gasteiger charge is 2.27. The summed E-state index contributed by atoms with van der Waals surface area (Å²) in [7, 11) is 1.25. The first-order valence-corrected chi connectivity index (χ1v) is 11.3. The number of anilines is 2. The van der Waals surface area contributed by atoms with E-state index in [-0.39, 0.29) is 33.3 Å². The Morgan fingerprint density at radius 1 is 0.853 bits per heavy atom. The Kier molecular flexibility index (Phi) is 7.80. The Morgan fingerprint density at radius 2 is 1.50 bits per heavy atom. The highest BCUT2D eigenvalue weighted by Crippen LogP contribution is 2.35. The van der Waals surface area contributed by atoms with Gasteiger partial charge in [0.1, 0.15) is 5.00 Å². The number of para-hydroxylation sites is 1. The van der Waals surface area contributed by atoms with Gasteiger partial charge in [-0.15, -0.1) is 11.3 Å². The quantitative estimate of drug-likeness (QED) is 0.469. The molecule has 0 aliphatic heterocycles. The monoisotopic (exact) mass is 480 g/mol. The number of hydrogen-bond acceptors (Lipinski definition) is 7. The molecule has 1 heterocycles. The summed E-state index contributed by atoms with van der Waals surface area (Å²) in [5.41, 5.74) is 2.13. The number of aryl methyl sites for hydroxylation is 1. The van der Waals surface area contributed by atoms with Gasteiger partial charge >= 0.3 is 11.9 Å². The lowest BCUT2D eigenvalue weighted by atomic mass is 10.1. The van der Waals surface area contributed by atoms with E-state index in [0.29, 0.717) is 11.1 Å². The van der Waals surface area contributed by atoms with Crippen molar-refractivity contribution in [3.05, 3.63) is 81.2 Å². The molecular formula is C25H24N2O6S. The van der Waals surface area contributed by atoms with Gasteiger partial charge in [0.2, 0.25) is 0 Å². The van der Waals surface area contributed by atoms with Crippen molar-refractivity contribution in [1.29, 1.82) is 0 Å². The molecule has 2 amide bonds. The smallest absolute Gasteiger partial charge is 0.341 e. The second kappa shape index (κ2) is 10.8. The molecule has 0 saturated carbocycles. The predicted molar refractivity (Wildman–Crippen MR) is 130 cm³/mol. The molecule has 8 nitrogen and oxygen atoms in total. The fourth-order valence-electron chi connectivity index (χ4n) is 3.32. The van der Waals surface area contributed by atoms with Gasteiger partial charge in [0.25, 0.3) is 11.8 Å². The molecule has 3 rings (SSSR count). The van der Waals surface area contributed by atoms with Crippen molar-refractivity contribution in [2.45, 2.75) is 20.8 Å². The van der Waals surface area contributed by atoms with E-state index in [4.69, 9.17) is 9.47 Å². The van der Waals surface area contributed by atoms with Crippen LogP contribution in [0, 0.1) is 13.8 Å². The Balaban J connectivity index is 1.98. The number of benzene rings is 2. The number of methoxy groups -OCH3 is 1. The van der Waals surface area contributed by atoms with Crippen LogP contribution in [0.25, 0.3) is 0 Å². The number of carbonyl (C=O) groups excluding carboxylic acids is 4. The van der Waals surface area contributed by atoms with E-state index >= 15 is 0 Å². The van der Waals surface area contributed by atoms with Gasteiger partial charge in [-0.1, -0.05) is 30.3 Å². The fourth-order valence-corrected chi connectivity index (χ4v) is 4.41. The lowest BCUT2D eigenvalue weighted by Crippen LogP contribution is -2.16. The third kappa shape index (κ3) is 5.15. The first-order valence-electron chi connectivity index (χ1n) is 10.4. The zero-order valence-corrected chi connectivity index (χ0v) is 20.0. The first kappa shape index (κ1) is 24.7. The van der Waals surface area contributed by atoms with Crippen LogP contribution in [-0.4, -0.2) is 37.5 Å². The van der Waals surface area contributed by atoms with E-state index in [9.17, 15) is 19.2 Å². The lowest BCUT2D eigenvalue weighted by molar-refractivity contribution is 0.0526.